The first-order valence-corrected chi connectivity index (χ1v) is 10.5. The smallest absolute Gasteiger partial charge is 0.265 e. The Balaban J connectivity index is 1.87. The maximum atomic E-state index is 12.9. The van der Waals surface area contributed by atoms with E-state index >= 15 is 0 Å². The Kier molecular flexibility index (Phi) is 6.27. The van der Waals surface area contributed by atoms with Crippen LogP contribution in [0.2, 0.25) is 0 Å². The lowest BCUT2D eigenvalue weighted by atomic mass is 10.1. The number of ether oxygens (including phenoxy) is 2. The highest BCUT2D eigenvalue weighted by Gasteiger charge is 2.21. The molecule has 156 valence electrons. The standard InChI is InChI=1S/C22H22N2O5S/c1-15-4-6-16(7-5-15)22(25)23-18-10-13-20(29-3)21(14-18)30(26,27)24-17-8-11-19(28-2)12-9-17/h4-14,24H,1-3H3,(H,23,25). The zero-order chi connectivity index (χ0) is 21.7. The normalized spacial score (nSPS) is 10.9. The van der Waals surface area contributed by atoms with E-state index in [0.29, 0.717) is 22.7 Å². The van der Waals surface area contributed by atoms with Gasteiger partial charge in [0.15, 0.2) is 0 Å². The monoisotopic (exact) mass is 426 g/mol. The average molecular weight is 426 g/mol. The van der Waals surface area contributed by atoms with Crippen LogP contribution in [-0.4, -0.2) is 28.5 Å². The van der Waals surface area contributed by atoms with Gasteiger partial charge in [-0.2, -0.15) is 0 Å². The van der Waals surface area contributed by atoms with Crippen LogP contribution < -0.4 is 19.5 Å². The van der Waals surface area contributed by atoms with Gasteiger partial charge >= 0.3 is 0 Å². The van der Waals surface area contributed by atoms with Crippen molar-refractivity contribution in [1.82, 2.24) is 0 Å². The van der Waals surface area contributed by atoms with Crippen molar-refractivity contribution in [3.8, 4) is 11.5 Å². The minimum atomic E-state index is -3.97. The Hall–Kier alpha value is -3.52. The molecule has 0 aliphatic heterocycles. The molecule has 8 heteroatoms. The van der Waals surface area contributed by atoms with Crippen LogP contribution in [0.5, 0.6) is 11.5 Å². The number of rotatable bonds is 7. The molecule has 0 atom stereocenters. The summed E-state index contributed by atoms with van der Waals surface area (Å²) in [5.41, 5.74) is 2.20. The van der Waals surface area contributed by atoms with E-state index in [1.165, 1.54) is 26.4 Å². The van der Waals surface area contributed by atoms with Gasteiger partial charge in [0.1, 0.15) is 16.4 Å². The molecule has 3 aromatic rings. The predicted molar refractivity (Wildman–Crippen MR) is 116 cm³/mol. The lowest BCUT2D eigenvalue weighted by Crippen LogP contribution is -2.16. The number of hydrogen-bond donors (Lipinski definition) is 2. The highest BCUT2D eigenvalue weighted by Crippen LogP contribution is 2.29. The molecule has 0 aliphatic carbocycles. The number of sulfonamides is 1. The Morgan fingerprint density at radius 2 is 1.47 bits per heavy atom. The van der Waals surface area contributed by atoms with Crippen LogP contribution in [-0.2, 0) is 10.0 Å². The Labute approximate surface area is 175 Å². The topological polar surface area (TPSA) is 93.7 Å². The first kappa shape index (κ1) is 21.2. The maximum Gasteiger partial charge on any atom is 0.265 e. The number of anilines is 2. The third-order valence-electron chi connectivity index (χ3n) is 4.37. The molecule has 0 spiro atoms. The van der Waals surface area contributed by atoms with Crippen molar-refractivity contribution >= 4 is 27.3 Å². The largest absolute Gasteiger partial charge is 0.497 e. The maximum absolute atomic E-state index is 12.9. The summed E-state index contributed by atoms with van der Waals surface area (Å²) in [5.74, 6) is 0.423. The first-order chi connectivity index (χ1) is 14.3. The van der Waals surface area contributed by atoms with Crippen molar-refractivity contribution in [1.29, 1.82) is 0 Å². The molecule has 0 saturated heterocycles. The number of methoxy groups -OCH3 is 2. The fourth-order valence-electron chi connectivity index (χ4n) is 2.74. The van der Waals surface area contributed by atoms with Crippen molar-refractivity contribution in [2.24, 2.45) is 0 Å². The highest BCUT2D eigenvalue weighted by molar-refractivity contribution is 7.92. The second kappa shape index (κ2) is 8.87. The summed E-state index contributed by atoms with van der Waals surface area (Å²) in [7, 11) is -1.06. The summed E-state index contributed by atoms with van der Waals surface area (Å²) < 4.78 is 38.7. The fourth-order valence-corrected chi connectivity index (χ4v) is 4.00. The lowest BCUT2D eigenvalue weighted by molar-refractivity contribution is 0.102. The van der Waals surface area contributed by atoms with Crippen LogP contribution in [0.1, 0.15) is 15.9 Å². The molecular weight excluding hydrogens is 404 g/mol. The fraction of sp³-hybridized carbons (Fsp3) is 0.136. The molecule has 3 rings (SSSR count). The predicted octanol–water partition coefficient (Wildman–Crippen LogP) is 4.07. The third kappa shape index (κ3) is 4.90. The van der Waals surface area contributed by atoms with Crippen LogP contribution in [0.15, 0.2) is 71.6 Å². The van der Waals surface area contributed by atoms with E-state index in [1.54, 1.807) is 42.5 Å². The molecular formula is C22H22N2O5S. The van der Waals surface area contributed by atoms with Gasteiger partial charge in [-0.3, -0.25) is 9.52 Å². The quantitative estimate of drug-likeness (QED) is 0.594. The second-order valence-electron chi connectivity index (χ2n) is 6.52. The van der Waals surface area contributed by atoms with Crippen molar-refractivity contribution < 1.29 is 22.7 Å². The SMILES string of the molecule is COc1ccc(NS(=O)(=O)c2cc(NC(=O)c3ccc(C)cc3)ccc2OC)cc1. The summed E-state index contributed by atoms with van der Waals surface area (Å²) in [5, 5.41) is 2.72. The zero-order valence-electron chi connectivity index (χ0n) is 16.8. The molecule has 0 unspecified atom stereocenters. The molecule has 0 fully saturated rings. The summed E-state index contributed by atoms with van der Waals surface area (Å²) in [4.78, 5) is 12.4. The minimum Gasteiger partial charge on any atom is -0.497 e. The first-order valence-electron chi connectivity index (χ1n) is 9.05. The molecule has 3 aromatic carbocycles. The molecule has 0 saturated carbocycles. The van der Waals surface area contributed by atoms with Gasteiger partial charge < -0.3 is 14.8 Å². The molecule has 0 aliphatic rings. The van der Waals surface area contributed by atoms with Crippen LogP contribution in [0.3, 0.4) is 0 Å². The molecule has 0 aromatic heterocycles. The van der Waals surface area contributed by atoms with Gasteiger partial charge in [-0.1, -0.05) is 17.7 Å². The Morgan fingerprint density at radius 1 is 0.833 bits per heavy atom. The second-order valence-corrected chi connectivity index (χ2v) is 8.17. The number of hydrogen-bond acceptors (Lipinski definition) is 5. The van der Waals surface area contributed by atoms with Crippen LogP contribution >= 0.6 is 0 Å². The number of carbonyl (C=O) groups excluding carboxylic acids is 1. The third-order valence-corrected chi connectivity index (χ3v) is 5.77. The van der Waals surface area contributed by atoms with Gasteiger partial charge in [-0.25, -0.2) is 8.42 Å². The van der Waals surface area contributed by atoms with Gasteiger partial charge in [0.05, 0.1) is 14.2 Å². The van der Waals surface area contributed by atoms with Crippen LogP contribution in [0.4, 0.5) is 11.4 Å². The summed E-state index contributed by atoms with van der Waals surface area (Å²) in [6, 6.07) is 18.0. The molecule has 0 radical (unpaired) electrons. The van der Waals surface area contributed by atoms with Gasteiger partial charge in [0, 0.05) is 16.9 Å². The van der Waals surface area contributed by atoms with E-state index in [0.717, 1.165) is 5.56 Å². The van der Waals surface area contributed by atoms with Gasteiger partial charge in [-0.05, 0) is 61.5 Å². The van der Waals surface area contributed by atoms with Crippen molar-refractivity contribution in [3.05, 3.63) is 77.9 Å². The van der Waals surface area contributed by atoms with Gasteiger partial charge in [0.2, 0.25) is 0 Å². The van der Waals surface area contributed by atoms with E-state index in [2.05, 4.69) is 10.0 Å². The minimum absolute atomic E-state index is 0.0949. The molecule has 1 amide bonds. The summed E-state index contributed by atoms with van der Waals surface area (Å²) in [6.07, 6.45) is 0. The molecule has 2 N–H and O–H groups in total. The molecule has 0 bridgehead atoms. The van der Waals surface area contributed by atoms with E-state index in [4.69, 9.17) is 9.47 Å². The van der Waals surface area contributed by atoms with E-state index in [1.807, 2.05) is 19.1 Å². The number of benzene rings is 3. The lowest BCUT2D eigenvalue weighted by Gasteiger charge is -2.14. The van der Waals surface area contributed by atoms with Crippen molar-refractivity contribution in [3.63, 3.8) is 0 Å². The molecule has 0 heterocycles. The van der Waals surface area contributed by atoms with Gasteiger partial charge in [-0.15, -0.1) is 0 Å². The van der Waals surface area contributed by atoms with Crippen LogP contribution in [0.25, 0.3) is 0 Å². The molecule has 7 nitrogen and oxygen atoms in total. The number of amides is 1. The Morgan fingerprint density at radius 3 is 2.07 bits per heavy atom. The molecule has 30 heavy (non-hydrogen) atoms. The Bertz CT molecular complexity index is 1140. The zero-order valence-corrected chi connectivity index (χ0v) is 17.6. The average Bonchev–Trinajstić information content (AvgIpc) is 2.74. The van der Waals surface area contributed by atoms with Crippen molar-refractivity contribution in [2.45, 2.75) is 11.8 Å². The highest BCUT2D eigenvalue weighted by atomic mass is 32.2. The van der Waals surface area contributed by atoms with Crippen LogP contribution in [0, 0.1) is 6.92 Å². The van der Waals surface area contributed by atoms with E-state index in [9.17, 15) is 13.2 Å². The summed E-state index contributed by atoms with van der Waals surface area (Å²) >= 11 is 0. The van der Waals surface area contributed by atoms with E-state index in [-0.39, 0.29) is 16.6 Å². The van der Waals surface area contributed by atoms with E-state index < -0.39 is 10.0 Å². The number of nitrogens with one attached hydrogen (secondary N) is 2. The van der Waals surface area contributed by atoms with Gasteiger partial charge in [0.25, 0.3) is 15.9 Å². The van der Waals surface area contributed by atoms with Crippen molar-refractivity contribution in [2.75, 3.05) is 24.3 Å². The number of carbonyl (C=O) groups is 1. The summed E-state index contributed by atoms with van der Waals surface area (Å²) in [6.45, 7) is 1.93. The number of aryl methyl sites for hydroxylation is 1.